The van der Waals surface area contributed by atoms with Crippen LogP contribution < -0.4 is 9.67 Å². The van der Waals surface area contributed by atoms with Crippen LogP contribution in [0.4, 0.5) is 0 Å². The van der Waals surface area contributed by atoms with Gasteiger partial charge in [-0.2, -0.15) is 4.57 Å². The predicted octanol–water partition coefficient (Wildman–Crippen LogP) is 0.485. The maximum Gasteiger partial charge on any atom is 0.235 e. The van der Waals surface area contributed by atoms with Crippen molar-refractivity contribution in [2.45, 2.75) is 0 Å². The molecule has 74 valence electrons. The smallest absolute Gasteiger partial charge is 0.235 e. The molecule has 2 rings (SSSR count). The summed E-state index contributed by atoms with van der Waals surface area (Å²) in [4.78, 5) is 10.6. The third-order valence-electron chi connectivity index (χ3n) is 2.23. The molecule has 0 bridgehead atoms. The monoisotopic (exact) mass is 199 g/mol. The average molecular weight is 199 g/mol. The molecule has 0 fully saturated rings. The fourth-order valence-corrected chi connectivity index (χ4v) is 1.44. The molecule has 0 saturated heterocycles. The van der Waals surface area contributed by atoms with Gasteiger partial charge in [0, 0.05) is 11.5 Å². The zero-order valence-corrected chi connectivity index (χ0v) is 7.96. The Hall–Kier alpha value is -2.16. The van der Waals surface area contributed by atoms with Crippen LogP contribution in [0, 0.1) is 0 Å². The van der Waals surface area contributed by atoms with E-state index >= 15 is 0 Å². The molecule has 1 heterocycles. The van der Waals surface area contributed by atoms with Crippen LogP contribution in [0.15, 0.2) is 49.0 Å². The summed E-state index contributed by atoms with van der Waals surface area (Å²) >= 11 is 0. The Bertz CT molecular complexity index is 532. The van der Waals surface area contributed by atoms with E-state index < -0.39 is 0 Å². The van der Waals surface area contributed by atoms with Crippen molar-refractivity contribution in [3.05, 3.63) is 49.0 Å². The molecule has 1 aromatic heterocycles. The number of benzene rings is 1. The summed E-state index contributed by atoms with van der Waals surface area (Å²) in [6, 6.07) is 9.62. The Morgan fingerprint density at radius 1 is 1.20 bits per heavy atom. The molecule has 0 unspecified atom stereocenters. The summed E-state index contributed by atoms with van der Waals surface area (Å²) in [7, 11) is 0. The summed E-state index contributed by atoms with van der Waals surface area (Å²) in [6.45, 7) is 0. The highest BCUT2D eigenvalue weighted by molar-refractivity contribution is 5.93. The van der Waals surface area contributed by atoms with E-state index in [0.717, 1.165) is 10.8 Å². The summed E-state index contributed by atoms with van der Waals surface area (Å²) < 4.78 is 1.52. The lowest BCUT2D eigenvalue weighted by molar-refractivity contribution is -0.578. The quantitative estimate of drug-likeness (QED) is 0.306. The molecular weight excluding hydrogens is 190 g/mol. The van der Waals surface area contributed by atoms with E-state index in [2.05, 4.69) is 0 Å². The molecule has 2 aromatic rings. The van der Waals surface area contributed by atoms with Crippen LogP contribution in [0.25, 0.3) is 16.5 Å². The largest absolute Gasteiger partial charge is 0.873 e. The van der Waals surface area contributed by atoms with Crippen molar-refractivity contribution < 1.29 is 14.5 Å². The van der Waals surface area contributed by atoms with E-state index in [0.29, 0.717) is 12.5 Å². The summed E-state index contributed by atoms with van der Waals surface area (Å²) in [6.07, 6.45) is 4.54. The second kappa shape index (κ2) is 3.92. The molecule has 0 spiro atoms. The van der Waals surface area contributed by atoms with Gasteiger partial charge in [0.05, 0.1) is 0 Å². The van der Waals surface area contributed by atoms with Gasteiger partial charge in [0.1, 0.15) is 0 Å². The minimum Gasteiger partial charge on any atom is -0.873 e. The van der Waals surface area contributed by atoms with Crippen LogP contribution in [0.1, 0.15) is 0 Å². The second-order valence-corrected chi connectivity index (χ2v) is 3.14. The van der Waals surface area contributed by atoms with Crippen molar-refractivity contribution in [2.24, 2.45) is 0 Å². The lowest BCUT2D eigenvalue weighted by Gasteiger charge is -1.98. The Labute approximate surface area is 86.9 Å². The number of allylic oxidation sites excluding steroid dienone is 1. The highest BCUT2D eigenvalue weighted by Crippen LogP contribution is 2.10. The van der Waals surface area contributed by atoms with Gasteiger partial charge in [0.15, 0.2) is 12.4 Å². The zero-order chi connectivity index (χ0) is 10.7. The van der Waals surface area contributed by atoms with Crippen LogP contribution in [0.2, 0.25) is 0 Å². The molecular formula is C12H9NO2. The van der Waals surface area contributed by atoms with E-state index in [1.165, 1.54) is 4.57 Å². The number of hydrogen-bond donors (Lipinski definition) is 0. The third kappa shape index (κ3) is 1.72. The molecule has 0 aliphatic heterocycles. The Morgan fingerprint density at radius 2 is 1.93 bits per heavy atom. The van der Waals surface area contributed by atoms with Gasteiger partial charge < -0.3 is 5.11 Å². The second-order valence-electron chi connectivity index (χ2n) is 3.14. The number of rotatable bonds is 2. The molecule has 3 heteroatoms. The first-order valence-electron chi connectivity index (χ1n) is 4.53. The number of pyridine rings is 1. The number of nitrogens with zero attached hydrogens (tertiary/aromatic N) is 1. The SMILES string of the molecule is O=C/C(=C\[O-])[n+]1ccc2ccccc2c1. The molecule has 1 aromatic carbocycles. The summed E-state index contributed by atoms with van der Waals surface area (Å²) in [5.74, 6) is 0. The van der Waals surface area contributed by atoms with Gasteiger partial charge in [-0.1, -0.05) is 24.5 Å². The molecule has 0 saturated carbocycles. The fraction of sp³-hybridized carbons (Fsp3) is 0. The van der Waals surface area contributed by atoms with Gasteiger partial charge in [-0.05, 0) is 11.5 Å². The molecule has 0 amide bonds. The van der Waals surface area contributed by atoms with E-state index in [-0.39, 0.29) is 5.70 Å². The Balaban J connectivity index is 2.61. The summed E-state index contributed by atoms with van der Waals surface area (Å²) in [5.41, 5.74) is 0.0979. The van der Waals surface area contributed by atoms with Gasteiger partial charge in [-0.3, -0.25) is 4.79 Å². The molecule has 15 heavy (non-hydrogen) atoms. The molecule has 0 radical (unpaired) electrons. The molecule has 0 N–H and O–H groups in total. The van der Waals surface area contributed by atoms with Gasteiger partial charge >= 0.3 is 0 Å². The van der Waals surface area contributed by atoms with Gasteiger partial charge in [0.25, 0.3) is 0 Å². The van der Waals surface area contributed by atoms with Crippen molar-refractivity contribution in [2.75, 3.05) is 0 Å². The number of aldehydes is 1. The minimum absolute atomic E-state index is 0.0979. The first kappa shape index (κ1) is 9.40. The van der Waals surface area contributed by atoms with Crippen LogP contribution >= 0.6 is 0 Å². The number of hydrogen-bond acceptors (Lipinski definition) is 2. The van der Waals surface area contributed by atoms with Crippen LogP contribution in [-0.2, 0) is 4.79 Å². The van der Waals surface area contributed by atoms with Crippen molar-refractivity contribution in [1.82, 2.24) is 0 Å². The van der Waals surface area contributed by atoms with E-state index in [9.17, 15) is 9.90 Å². The molecule has 0 aliphatic rings. The van der Waals surface area contributed by atoms with Crippen molar-refractivity contribution in [3.63, 3.8) is 0 Å². The number of aromatic nitrogens is 1. The normalized spacial score (nSPS) is 11.6. The van der Waals surface area contributed by atoms with Gasteiger partial charge in [-0.15, -0.1) is 0 Å². The fourth-order valence-electron chi connectivity index (χ4n) is 1.44. The Morgan fingerprint density at radius 3 is 2.60 bits per heavy atom. The first-order valence-corrected chi connectivity index (χ1v) is 4.53. The van der Waals surface area contributed by atoms with Crippen LogP contribution in [0.5, 0.6) is 0 Å². The van der Waals surface area contributed by atoms with E-state index in [1.807, 2.05) is 30.3 Å². The van der Waals surface area contributed by atoms with Crippen LogP contribution in [-0.4, -0.2) is 6.29 Å². The van der Waals surface area contributed by atoms with Crippen molar-refractivity contribution >= 4 is 22.8 Å². The molecule has 3 nitrogen and oxygen atoms in total. The highest BCUT2D eigenvalue weighted by Gasteiger charge is 2.06. The topological polar surface area (TPSA) is 44.0 Å². The zero-order valence-electron chi connectivity index (χ0n) is 7.96. The minimum atomic E-state index is 0.0979. The first-order chi connectivity index (χ1) is 7.35. The van der Waals surface area contributed by atoms with Crippen molar-refractivity contribution in [1.29, 1.82) is 0 Å². The maximum absolute atomic E-state index is 10.6. The van der Waals surface area contributed by atoms with Gasteiger partial charge in [-0.25, -0.2) is 0 Å². The number of carbonyl (C=O) groups is 1. The average Bonchev–Trinajstić information content (AvgIpc) is 2.30. The lowest BCUT2D eigenvalue weighted by Crippen LogP contribution is -2.33. The number of fused-ring (bicyclic) bond motifs is 1. The predicted molar refractivity (Wildman–Crippen MR) is 54.5 cm³/mol. The maximum atomic E-state index is 10.6. The van der Waals surface area contributed by atoms with Crippen molar-refractivity contribution in [3.8, 4) is 0 Å². The van der Waals surface area contributed by atoms with Crippen LogP contribution in [0.3, 0.4) is 0 Å². The summed E-state index contributed by atoms with van der Waals surface area (Å²) in [5, 5.41) is 12.6. The van der Waals surface area contributed by atoms with Gasteiger partial charge in [0.2, 0.25) is 12.0 Å². The molecule has 0 aliphatic carbocycles. The molecule has 0 atom stereocenters. The Kier molecular flexibility index (Phi) is 2.46. The van der Waals surface area contributed by atoms with E-state index in [1.54, 1.807) is 12.4 Å². The van der Waals surface area contributed by atoms with E-state index in [4.69, 9.17) is 0 Å². The standard InChI is InChI=1S/C12H9NO2/c14-8-12(9-15)13-6-5-10-3-1-2-4-11(10)7-13/h1-9H. The highest BCUT2D eigenvalue weighted by atomic mass is 16.2. The third-order valence-corrected chi connectivity index (χ3v) is 2.23. The number of carbonyl (C=O) groups excluding carboxylic acids is 1. The lowest BCUT2D eigenvalue weighted by atomic mass is 10.2.